The maximum Gasteiger partial charge on any atom is 0.306 e. The third-order valence-corrected chi connectivity index (χ3v) is 8.95. The molecule has 11 nitrogen and oxygen atoms in total. The monoisotopic (exact) mass is 584 g/mol. The molecule has 0 saturated carbocycles. The smallest absolute Gasteiger partial charge is 0.306 e. The molecule has 1 amide bonds. The molecule has 7 rings (SSSR count). The molecule has 4 aromatic rings. The van der Waals surface area contributed by atoms with Crippen LogP contribution in [-0.2, 0) is 35.3 Å². The van der Waals surface area contributed by atoms with Gasteiger partial charge in [0.05, 0.1) is 16.7 Å². The number of aryl methyl sites for hydroxylation is 2. The van der Waals surface area contributed by atoms with Crippen LogP contribution in [-0.4, -0.2) is 89.9 Å². The van der Waals surface area contributed by atoms with Gasteiger partial charge in [-0.15, -0.1) is 0 Å². The van der Waals surface area contributed by atoms with Crippen LogP contribution < -0.4 is 0 Å². The van der Waals surface area contributed by atoms with E-state index in [1.54, 1.807) is 0 Å². The van der Waals surface area contributed by atoms with Crippen molar-refractivity contribution in [1.82, 2.24) is 39.7 Å². The lowest BCUT2D eigenvalue weighted by Gasteiger charge is -2.35. The van der Waals surface area contributed by atoms with E-state index in [1.807, 2.05) is 4.90 Å². The first-order valence-electron chi connectivity index (χ1n) is 13.5. The van der Waals surface area contributed by atoms with E-state index in [1.165, 1.54) is 12.7 Å². The maximum absolute atomic E-state index is 12.8. The molecule has 13 heteroatoms. The molecule has 1 fully saturated rings. The van der Waals surface area contributed by atoms with Crippen LogP contribution in [0.2, 0.25) is 10.3 Å². The summed E-state index contributed by atoms with van der Waals surface area (Å²) >= 11 is 12.3. The first-order valence-corrected chi connectivity index (χ1v) is 14.3. The molecular formula is C27H30Cl2N8O3. The number of amides is 1. The van der Waals surface area contributed by atoms with Crippen molar-refractivity contribution in [3.63, 3.8) is 0 Å². The van der Waals surface area contributed by atoms with Crippen LogP contribution in [0.15, 0.2) is 12.7 Å². The van der Waals surface area contributed by atoms with E-state index in [4.69, 9.17) is 28.3 Å². The number of rotatable bonds is 2. The Morgan fingerprint density at radius 3 is 1.85 bits per heavy atom. The maximum atomic E-state index is 12.8. The number of nitrogens with zero attached hydrogens (tertiary/aromatic N) is 6. The first kappa shape index (κ1) is 26.9. The number of aromatic amines is 2. The number of fused-ring (bicyclic) bond motifs is 6. The Hall–Kier alpha value is -3.28. The summed E-state index contributed by atoms with van der Waals surface area (Å²) in [5.41, 5.74) is 5.77. The number of likely N-dealkylation sites (N-methyl/N-ethyl adjacent to an activating group) is 1. The number of H-pyrrole nitrogens is 2. The summed E-state index contributed by atoms with van der Waals surface area (Å²) in [6.07, 6.45) is 7.23. The zero-order valence-corrected chi connectivity index (χ0v) is 23.6. The van der Waals surface area contributed by atoms with Crippen LogP contribution in [0.25, 0.3) is 22.1 Å². The van der Waals surface area contributed by atoms with Crippen molar-refractivity contribution in [3.05, 3.63) is 45.5 Å². The lowest BCUT2D eigenvalue weighted by atomic mass is 9.85. The molecule has 0 spiro atoms. The fourth-order valence-electron chi connectivity index (χ4n) is 6.11. The molecule has 0 radical (unpaired) electrons. The van der Waals surface area contributed by atoms with Gasteiger partial charge in [-0.2, -0.15) is 0 Å². The van der Waals surface area contributed by atoms with Gasteiger partial charge in [0.15, 0.2) is 0 Å². The van der Waals surface area contributed by atoms with Crippen molar-refractivity contribution in [2.45, 2.75) is 38.5 Å². The summed E-state index contributed by atoms with van der Waals surface area (Å²) in [7, 11) is 2.10. The number of carboxylic acid groups (broad SMARTS) is 1. The quantitative estimate of drug-likeness (QED) is 0.304. The number of halogens is 2. The van der Waals surface area contributed by atoms with E-state index in [9.17, 15) is 9.59 Å². The number of carbonyl (C=O) groups excluding carboxylic acids is 1. The SMILES string of the molecule is CN1CCN(C(=O)C2CCc3[nH]c4ncnc(Cl)c4c3C2)CC1.O=C(O)C1CCc2[nH]c3ncnc(Cl)c3c2C1. The second kappa shape index (κ2) is 10.9. The summed E-state index contributed by atoms with van der Waals surface area (Å²) in [5, 5.41) is 11.6. The molecule has 2 aliphatic carbocycles. The average molecular weight is 585 g/mol. The van der Waals surface area contributed by atoms with Crippen LogP contribution in [0.4, 0.5) is 0 Å². The van der Waals surface area contributed by atoms with Gasteiger partial charge in [0.2, 0.25) is 5.91 Å². The van der Waals surface area contributed by atoms with Crippen molar-refractivity contribution in [3.8, 4) is 0 Å². The van der Waals surface area contributed by atoms with Gasteiger partial charge in [-0.05, 0) is 56.7 Å². The molecule has 1 saturated heterocycles. The average Bonchev–Trinajstić information content (AvgIpc) is 3.52. The predicted molar refractivity (Wildman–Crippen MR) is 151 cm³/mol. The van der Waals surface area contributed by atoms with Crippen LogP contribution in [0, 0.1) is 11.8 Å². The normalized spacial score (nSPS) is 21.0. The van der Waals surface area contributed by atoms with Crippen molar-refractivity contribution < 1.29 is 14.7 Å². The molecule has 1 aliphatic heterocycles. The van der Waals surface area contributed by atoms with E-state index in [-0.39, 0.29) is 17.7 Å². The zero-order chi connectivity index (χ0) is 28.0. The lowest BCUT2D eigenvalue weighted by Crippen LogP contribution is -2.49. The molecule has 2 atom stereocenters. The molecule has 3 N–H and O–H groups in total. The highest BCUT2D eigenvalue weighted by atomic mass is 35.5. The number of aromatic nitrogens is 6. The summed E-state index contributed by atoms with van der Waals surface area (Å²) < 4.78 is 0. The van der Waals surface area contributed by atoms with Crippen molar-refractivity contribution >= 4 is 57.1 Å². The fraction of sp³-hybridized carbons (Fsp3) is 0.481. The molecule has 4 aromatic heterocycles. The minimum Gasteiger partial charge on any atom is -0.481 e. The largest absolute Gasteiger partial charge is 0.481 e. The highest BCUT2D eigenvalue weighted by molar-refractivity contribution is 6.34. The fourth-order valence-corrected chi connectivity index (χ4v) is 6.60. The van der Waals surface area contributed by atoms with Crippen molar-refractivity contribution in [2.24, 2.45) is 11.8 Å². The van der Waals surface area contributed by atoms with Gasteiger partial charge < -0.3 is 24.9 Å². The number of carbonyl (C=O) groups is 2. The molecule has 40 heavy (non-hydrogen) atoms. The third kappa shape index (κ3) is 5.02. The van der Waals surface area contributed by atoms with Gasteiger partial charge >= 0.3 is 5.97 Å². The van der Waals surface area contributed by atoms with Crippen molar-refractivity contribution in [1.29, 1.82) is 0 Å². The Morgan fingerprint density at radius 2 is 1.32 bits per heavy atom. The van der Waals surface area contributed by atoms with Gasteiger partial charge in [0.25, 0.3) is 0 Å². The highest BCUT2D eigenvalue weighted by Gasteiger charge is 2.32. The zero-order valence-electron chi connectivity index (χ0n) is 22.1. The van der Waals surface area contributed by atoms with Gasteiger partial charge in [-0.1, -0.05) is 23.2 Å². The molecule has 5 heterocycles. The van der Waals surface area contributed by atoms with Crippen molar-refractivity contribution in [2.75, 3.05) is 33.2 Å². The Labute approximate surface area is 240 Å². The number of nitrogens with one attached hydrogen (secondary N) is 2. The van der Waals surface area contributed by atoms with E-state index in [2.05, 4.69) is 41.9 Å². The summed E-state index contributed by atoms with van der Waals surface area (Å²) in [6, 6.07) is 0. The number of piperazine rings is 1. The molecule has 210 valence electrons. The van der Waals surface area contributed by atoms with E-state index < -0.39 is 5.97 Å². The molecule has 0 aromatic carbocycles. The van der Waals surface area contributed by atoms with Gasteiger partial charge in [0, 0.05) is 43.5 Å². The Bertz CT molecular complexity index is 1590. The van der Waals surface area contributed by atoms with Crippen LogP contribution in [0.5, 0.6) is 0 Å². The molecule has 3 aliphatic rings. The number of aliphatic carboxylic acids is 1. The van der Waals surface area contributed by atoms with E-state index in [0.717, 1.165) is 90.8 Å². The summed E-state index contributed by atoms with van der Waals surface area (Å²) in [6.45, 7) is 3.57. The van der Waals surface area contributed by atoms with Crippen LogP contribution >= 0.6 is 23.2 Å². The first-order chi connectivity index (χ1) is 19.3. The predicted octanol–water partition coefficient (Wildman–Crippen LogP) is 3.29. The number of hydrogen-bond acceptors (Lipinski definition) is 7. The second-order valence-electron chi connectivity index (χ2n) is 10.8. The topological polar surface area (TPSA) is 144 Å². The van der Waals surface area contributed by atoms with E-state index in [0.29, 0.717) is 28.8 Å². The Morgan fingerprint density at radius 1 is 0.825 bits per heavy atom. The van der Waals surface area contributed by atoms with Crippen LogP contribution in [0.1, 0.15) is 35.4 Å². The minimum atomic E-state index is -0.752. The van der Waals surface area contributed by atoms with Crippen LogP contribution in [0.3, 0.4) is 0 Å². The van der Waals surface area contributed by atoms with Gasteiger partial charge in [-0.3, -0.25) is 9.59 Å². The number of hydrogen-bond donors (Lipinski definition) is 3. The van der Waals surface area contributed by atoms with Gasteiger partial charge in [0.1, 0.15) is 34.3 Å². The summed E-state index contributed by atoms with van der Waals surface area (Å²) in [4.78, 5) is 51.1. The number of carboxylic acids is 1. The highest BCUT2D eigenvalue weighted by Crippen LogP contribution is 2.35. The van der Waals surface area contributed by atoms with Gasteiger partial charge in [-0.25, -0.2) is 19.9 Å². The molecular weight excluding hydrogens is 555 g/mol. The minimum absolute atomic E-state index is 0.0428. The molecule has 0 bridgehead atoms. The Balaban J connectivity index is 0.000000151. The Kier molecular flexibility index (Phi) is 7.37. The molecule has 2 unspecified atom stereocenters. The third-order valence-electron chi connectivity index (χ3n) is 8.37. The second-order valence-corrected chi connectivity index (χ2v) is 11.5. The lowest BCUT2D eigenvalue weighted by molar-refractivity contribution is -0.142. The summed E-state index contributed by atoms with van der Waals surface area (Å²) in [5.74, 6) is -0.761. The standard InChI is InChI=1S/C16H20ClN5O.C11H10ClN3O2/c1-21-4-6-22(7-5-21)16(23)10-2-3-12-11(8-10)13-14(17)18-9-19-15(13)20-12;12-9-8-6-3-5(11(16)17)1-2-7(6)15-10(8)14-4-13-9/h9-10H,2-8H2,1H3,(H,18,19,20);4-5H,1-3H2,(H,16,17)(H,13,14,15). The van der Waals surface area contributed by atoms with E-state index >= 15 is 0 Å².